The van der Waals surface area contributed by atoms with Crippen LogP contribution in [0.4, 0.5) is 5.69 Å². The Bertz CT molecular complexity index is 1250. The molecule has 2 aromatic heterocycles. The fourth-order valence-electron chi connectivity index (χ4n) is 4.51. The minimum atomic E-state index is -0.560. The number of benzene rings is 2. The highest BCUT2D eigenvalue weighted by Crippen LogP contribution is 2.36. The summed E-state index contributed by atoms with van der Waals surface area (Å²) in [5, 5.41) is 1.77. The lowest BCUT2D eigenvalue weighted by molar-refractivity contribution is -0.132. The molecular weight excluding hydrogens is 434 g/mol. The number of piperazine rings is 1. The molecule has 5 rings (SSSR count). The van der Waals surface area contributed by atoms with Crippen molar-refractivity contribution >= 4 is 34.2 Å². The predicted octanol–water partition coefficient (Wildman–Crippen LogP) is 4.10. The second kappa shape index (κ2) is 9.25. The van der Waals surface area contributed by atoms with Gasteiger partial charge in [0.25, 0.3) is 0 Å². The van der Waals surface area contributed by atoms with Crippen molar-refractivity contribution in [2.75, 3.05) is 31.1 Å². The molecule has 1 atom stereocenters. The first-order valence-electron chi connectivity index (χ1n) is 11.2. The van der Waals surface area contributed by atoms with Crippen LogP contribution in [0.25, 0.3) is 22.2 Å². The molecule has 1 unspecified atom stereocenters. The minimum absolute atomic E-state index is 0.00518. The molecule has 3 N–H and O–H groups in total. The van der Waals surface area contributed by atoms with Gasteiger partial charge in [0.15, 0.2) is 0 Å². The number of amides is 1. The van der Waals surface area contributed by atoms with Crippen LogP contribution in [0.15, 0.2) is 73.1 Å². The molecule has 0 saturated carbocycles. The molecule has 4 aromatic rings. The number of rotatable bonds is 5. The number of hydrogen-bond donors (Lipinski definition) is 2. The first-order valence-corrected chi connectivity index (χ1v) is 11.5. The van der Waals surface area contributed by atoms with Gasteiger partial charge in [0.05, 0.1) is 11.7 Å². The zero-order valence-corrected chi connectivity index (χ0v) is 19.0. The van der Waals surface area contributed by atoms with Gasteiger partial charge in [-0.05, 0) is 35.7 Å². The van der Waals surface area contributed by atoms with E-state index in [0.717, 1.165) is 46.5 Å². The van der Waals surface area contributed by atoms with Crippen LogP contribution >= 0.6 is 11.6 Å². The number of nitrogens with one attached hydrogen (secondary N) is 1. The Balaban J connectivity index is 1.32. The third kappa shape index (κ3) is 4.45. The lowest BCUT2D eigenvalue weighted by Crippen LogP contribution is -2.53. The Hall–Kier alpha value is -3.35. The van der Waals surface area contributed by atoms with E-state index in [1.807, 2.05) is 59.8 Å². The normalized spacial score (nSPS) is 15.1. The molecule has 1 fully saturated rings. The van der Waals surface area contributed by atoms with Gasteiger partial charge in [0.2, 0.25) is 5.91 Å². The van der Waals surface area contributed by atoms with Crippen LogP contribution in [-0.4, -0.2) is 53.0 Å². The average Bonchev–Trinajstić information content (AvgIpc) is 3.34. The highest BCUT2D eigenvalue weighted by molar-refractivity contribution is 6.30. The number of H-pyrrole nitrogens is 1. The Labute approximate surface area is 198 Å². The van der Waals surface area contributed by atoms with Gasteiger partial charge >= 0.3 is 0 Å². The molecule has 7 heteroatoms. The first-order chi connectivity index (χ1) is 16.1. The van der Waals surface area contributed by atoms with E-state index in [1.165, 1.54) is 0 Å². The third-order valence-electron chi connectivity index (χ3n) is 6.24. The van der Waals surface area contributed by atoms with Crippen molar-refractivity contribution in [3.05, 3.63) is 83.6 Å². The number of halogens is 1. The maximum atomic E-state index is 13.0. The summed E-state index contributed by atoms with van der Waals surface area (Å²) in [5.41, 5.74) is 11.5. The van der Waals surface area contributed by atoms with Crippen molar-refractivity contribution in [3.8, 4) is 11.1 Å². The molecule has 1 saturated heterocycles. The van der Waals surface area contributed by atoms with E-state index in [0.29, 0.717) is 24.5 Å². The van der Waals surface area contributed by atoms with Crippen LogP contribution in [-0.2, 0) is 11.2 Å². The molecule has 2 aromatic carbocycles. The number of anilines is 1. The molecule has 1 aliphatic rings. The van der Waals surface area contributed by atoms with E-state index >= 15 is 0 Å². The summed E-state index contributed by atoms with van der Waals surface area (Å²) in [6.07, 6.45) is 4.36. The van der Waals surface area contributed by atoms with Gasteiger partial charge in [0, 0.05) is 54.5 Å². The van der Waals surface area contributed by atoms with Crippen LogP contribution < -0.4 is 10.6 Å². The topological polar surface area (TPSA) is 78.2 Å². The summed E-state index contributed by atoms with van der Waals surface area (Å²) in [6.45, 7) is 2.75. The quantitative estimate of drug-likeness (QED) is 0.471. The summed E-state index contributed by atoms with van der Waals surface area (Å²) in [7, 11) is 0. The highest BCUT2D eigenvalue weighted by atomic mass is 35.5. The Kier molecular flexibility index (Phi) is 6.03. The van der Waals surface area contributed by atoms with Crippen molar-refractivity contribution in [3.63, 3.8) is 0 Å². The van der Waals surface area contributed by atoms with Crippen molar-refractivity contribution in [2.45, 2.75) is 12.5 Å². The Morgan fingerprint density at radius 3 is 2.48 bits per heavy atom. The van der Waals surface area contributed by atoms with E-state index in [-0.39, 0.29) is 5.91 Å². The van der Waals surface area contributed by atoms with Gasteiger partial charge in [-0.3, -0.25) is 4.79 Å². The van der Waals surface area contributed by atoms with Crippen LogP contribution in [0.3, 0.4) is 0 Å². The summed E-state index contributed by atoms with van der Waals surface area (Å²) in [4.78, 5) is 25.1. The smallest absolute Gasteiger partial charge is 0.239 e. The van der Waals surface area contributed by atoms with Crippen molar-refractivity contribution < 1.29 is 4.79 Å². The molecule has 0 spiro atoms. The fourth-order valence-corrected chi connectivity index (χ4v) is 4.64. The molecule has 1 aliphatic heterocycles. The number of carbonyl (C=O) groups is 1. The summed E-state index contributed by atoms with van der Waals surface area (Å²) in [5.74, 6) is -0.00518. The predicted molar refractivity (Wildman–Crippen MR) is 133 cm³/mol. The van der Waals surface area contributed by atoms with Gasteiger partial charge in [-0.15, -0.1) is 0 Å². The van der Waals surface area contributed by atoms with E-state index < -0.39 is 6.04 Å². The number of aromatic nitrogens is 2. The number of fused-ring (bicyclic) bond motifs is 1. The lowest BCUT2D eigenvalue weighted by atomic mass is 10.0. The maximum absolute atomic E-state index is 13.0. The van der Waals surface area contributed by atoms with Gasteiger partial charge in [-0.25, -0.2) is 4.98 Å². The zero-order chi connectivity index (χ0) is 22.8. The number of nitrogens with two attached hydrogens (primary N) is 1. The van der Waals surface area contributed by atoms with Crippen LogP contribution in [0.2, 0.25) is 5.02 Å². The number of carbonyl (C=O) groups excluding carboxylic acids is 1. The highest BCUT2D eigenvalue weighted by Gasteiger charge is 2.27. The fraction of sp³-hybridized carbons (Fsp3) is 0.231. The molecular formula is C26H26ClN5O. The zero-order valence-electron chi connectivity index (χ0n) is 18.2. The largest absolute Gasteiger partial charge is 0.367 e. The molecule has 0 aliphatic carbocycles. The van der Waals surface area contributed by atoms with E-state index in [2.05, 4.69) is 33.1 Å². The molecule has 6 nitrogen and oxygen atoms in total. The van der Waals surface area contributed by atoms with Crippen LogP contribution in [0.1, 0.15) is 5.56 Å². The van der Waals surface area contributed by atoms with E-state index in [9.17, 15) is 4.79 Å². The average molecular weight is 460 g/mol. The molecule has 33 heavy (non-hydrogen) atoms. The van der Waals surface area contributed by atoms with Crippen molar-refractivity contribution in [2.24, 2.45) is 5.73 Å². The molecule has 3 heterocycles. The van der Waals surface area contributed by atoms with Gasteiger partial charge in [0.1, 0.15) is 5.65 Å². The standard InChI is InChI=1S/C26H26ClN5O/c27-20-8-6-18(7-9-20)16-23(28)26(33)32-14-12-31(13-15-32)24-21-10-11-29-25(21)30-17-22(24)19-4-2-1-3-5-19/h1-11,17,23H,12-16,28H2,(H,29,30). The third-order valence-corrected chi connectivity index (χ3v) is 6.49. The van der Waals surface area contributed by atoms with Gasteiger partial charge in [-0.2, -0.15) is 0 Å². The van der Waals surface area contributed by atoms with Gasteiger partial charge in [-0.1, -0.05) is 54.1 Å². The van der Waals surface area contributed by atoms with E-state index in [4.69, 9.17) is 17.3 Å². The molecule has 1 amide bonds. The number of nitrogens with zero attached hydrogens (tertiary/aromatic N) is 3. The van der Waals surface area contributed by atoms with Crippen LogP contribution in [0, 0.1) is 0 Å². The summed E-state index contributed by atoms with van der Waals surface area (Å²) in [6, 6.07) is 19.3. The number of aromatic amines is 1. The first kappa shape index (κ1) is 21.5. The number of hydrogen-bond acceptors (Lipinski definition) is 4. The summed E-state index contributed by atoms with van der Waals surface area (Å²) >= 11 is 5.96. The number of pyridine rings is 1. The molecule has 0 radical (unpaired) electrons. The maximum Gasteiger partial charge on any atom is 0.239 e. The van der Waals surface area contributed by atoms with Crippen molar-refractivity contribution in [1.82, 2.24) is 14.9 Å². The minimum Gasteiger partial charge on any atom is -0.367 e. The Morgan fingerprint density at radius 2 is 1.76 bits per heavy atom. The van der Waals surface area contributed by atoms with Gasteiger partial charge < -0.3 is 20.5 Å². The van der Waals surface area contributed by atoms with E-state index in [1.54, 1.807) is 0 Å². The SMILES string of the molecule is NC(Cc1ccc(Cl)cc1)C(=O)N1CCN(c2c(-c3ccccc3)cnc3[nH]ccc23)CC1. The van der Waals surface area contributed by atoms with Crippen LogP contribution in [0.5, 0.6) is 0 Å². The Morgan fingerprint density at radius 1 is 1.03 bits per heavy atom. The molecule has 0 bridgehead atoms. The second-order valence-corrected chi connectivity index (χ2v) is 8.81. The lowest BCUT2D eigenvalue weighted by Gasteiger charge is -2.38. The summed E-state index contributed by atoms with van der Waals surface area (Å²) < 4.78 is 0. The monoisotopic (exact) mass is 459 g/mol. The second-order valence-electron chi connectivity index (χ2n) is 8.38. The molecule has 168 valence electrons. The van der Waals surface area contributed by atoms with Crippen molar-refractivity contribution in [1.29, 1.82) is 0 Å².